The molecule has 11 heavy (non-hydrogen) atoms. The molecule has 0 aromatic heterocycles. The topological polar surface area (TPSA) is 72.3 Å². The van der Waals surface area contributed by atoms with Crippen molar-refractivity contribution >= 4 is 5.91 Å². The molecule has 0 spiro atoms. The zero-order valence-electron chi connectivity index (χ0n) is 6.84. The Kier molecular flexibility index (Phi) is 2.15. The standard InChI is InChI=1S/C7H15N3O/c1-2-7(9)4-10(5-7)3-6(8)11/h2-5,9H2,1H3,(H2,8,11). The van der Waals surface area contributed by atoms with Crippen molar-refractivity contribution in [2.75, 3.05) is 19.6 Å². The maximum atomic E-state index is 10.4. The number of carbonyl (C=O) groups is 1. The van der Waals surface area contributed by atoms with Crippen LogP contribution < -0.4 is 11.5 Å². The molecule has 0 saturated carbocycles. The first-order valence-electron chi connectivity index (χ1n) is 3.85. The molecule has 4 heteroatoms. The molecule has 1 rings (SSSR count). The van der Waals surface area contributed by atoms with Crippen LogP contribution >= 0.6 is 0 Å². The number of amides is 1. The van der Waals surface area contributed by atoms with Crippen molar-refractivity contribution in [3.8, 4) is 0 Å². The third-order valence-corrected chi connectivity index (χ3v) is 2.16. The second kappa shape index (κ2) is 2.79. The van der Waals surface area contributed by atoms with Crippen LogP contribution in [0.2, 0.25) is 0 Å². The molecule has 64 valence electrons. The predicted octanol–water partition coefficient (Wildman–Crippen LogP) is -1.11. The first-order valence-corrected chi connectivity index (χ1v) is 3.85. The maximum absolute atomic E-state index is 10.4. The van der Waals surface area contributed by atoms with Gasteiger partial charge in [-0.05, 0) is 6.42 Å². The Balaban J connectivity index is 2.23. The van der Waals surface area contributed by atoms with Crippen LogP contribution in [0.15, 0.2) is 0 Å². The van der Waals surface area contributed by atoms with Crippen molar-refractivity contribution in [2.24, 2.45) is 11.5 Å². The van der Waals surface area contributed by atoms with Gasteiger partial charge in [-0.25, -0.2) is 0 Å². The molecule has 0 radical (unpaired) electrons. The average Bonchev–Trinajstić information content (AvgIpc) is 1.83. The molecular formula is C7H15N3O. The number of carbonyl (C=O) groups excluding carboxylic acids is 1. The van der Waals surface area contributed by atoms with E-state index >= 15 is 0 Å². The Morgan fingerprint density at radius 2 is 2.18 bits per heavy atom. The Bertz CT molecular complexity index is 163. The monoisotopic (exact) mass is 157 g/mol. The van der Waals surface area contributed by atoms with Gasteiger partial charge in [-0.15, -0.1) is 0 Å². The molecule has 0 aromatic rings. The molecular weight excluding hydrogens is 142 g/mol. The van der Waals surface area contributed by atoms with E-state index in [1.165, 1.54) is 0 Å². The van der Waals surface area contributed by atoms with Crippen LogP contribution in [0.4, 0.5) is 0 Å². The number of nitrogens with two attached hydrogens (primary N) is 2. The van der Waals surface area contributed by atoms with Gasteiger partial charge in [-0.3, -0.25) is 9.69 Å². The highest BCUT2D eigenvalue weighted by Crippen LogP contribution is 2.20. The van der Waals surface area contributed by atoms with E-state index in [2.05, 4.69) is 6.92 Å². The third-order valence-electron chi connectivity index (χ3n) is 2.16. The quantitative estimate of drug-likeness (QED) is 0.546. The second-order valence-corrected chi connectivity index (χ2v) is 3.33. The molecule has 0 unspecified atom stereocenters. The molecule has 1 fully saturated rings. The zero-order valence-corrected chi connectivity index (χ0v) is 6.84. The van der Waals surface area contributed by atoms with Gasteiger partial charge in [0.05, 0.1) is 6.54 Å². The van der Waals surface area contributed by atoms with E-state index in [0.717, 1.165) is 19.5 Å². The summed E-state index contributed by atoms with van der Waals surface area (Å²) in [6, 6.07) is 0. The summed E-state index contributed by atoms with van der Waals surface area (Å²) in [7, 11) is 0. The van der Waals surface area contributed by atoms with Crippen LogP contribution in [0.5, 0.6) is 0 Å². The lowest BCUT2D eigenvalue weighted by atomic mass is 9.88. The summed E-state index contributed by atoms with van der Waals surface area (Å²) in [5, 5.41) is 0. The summed E-state index contributed by atoms with van der Waals surface area (Å²) >= 11 is 0. The summed E-state index contributed by atoms with van der Waals surface area (Å²) in [5.74, 6) is -0.275. The fourth-order valence-electron chi connectivity index (χ4n) is 1.40. The van der Waals surface area contributed by atoms with E-state index in [9.17, 15) is 4.79 Å². The first kappa shape index (κ1) is 8.49. The third kappa shape index (κ3) is 1.91. The van der Waals surface area contributed by atoms with Gasteiger partial charge in [0.2, 0.25) is 5.91 Å². The maximum Gasteiger partial charge on any atom is 0.231 e. The van der Waals surface area contributed by atoms with Crippen molar-refractivity contribution < 1.29 is 4.79 Å². The van der Waals surface area contributed by atoms with E-state index in [1.807, 2.05) is 4.90 Å². The van der Waals surface area contributed by atoms with E-state index in [0.29, 0.717) is 6.54 Å². The number of primary amides is 1. The van der Waals surface area contributed by atoms with Crippen LogP contribution in [0.25, 0.3) is 0 Å². The van der Waals surface area contributed by atoms with Crippen LogP contribution in [-0.4, -0.2) is 36.0 Å². The fraction of sp³-hybridized carbons (Fsp3) is 0.857. The van der Waals surface area contributed by atoms with Crippen LogP contribution in [-0.2, 0) is 4.79 Å². The molecule has 1 aliphatic heterocycles. The van der Waals surface area contributed by atoms with Crippen molar-refractivity contribution in [1.29, 1.82) is 0 Å². The minimum Gasteiger partial charge on any atom is -0.369 e. The van der Waals surface area contributed by atoms with Gasteiger partial charge >= 0.3 is 0 Å². The number of likely N-dealkylation sites (tertiary alicyclic amines) is 1. The van der Waals surface area contributed by atoms with Gasteiger partial charge in [0.25, 0.3) is 0 Å². The van der Waals surface area contributed by atoms with Crippen molar-refractivity contribution in [1.82, 2.24) is 4.90 Å². The SMILES string of the molecule is CCC1(N)CN(CC(N)=O)C1. The summed E-state index contributed by atoms with van der Waals surface area (Å²) in [4.78, 5) is 12.4. The highest BCUT2D eigenvalue weighted by molar-refractivity contribution is 5.76. The molecule has 0 bridgehead atoms. The first-order chi connectivity index (χ1) is 5.06. The largest absolute Gasteiger partial charge is 0.369 e. The van der Waals surface area contributed by atoms with E-state index in [4.69, 9.17) is 11.5 Å². The predicted molar refractivity (Wildman–Crippen MR) is 42.8 cm³/mol. The van der Waals surface area contributed by atoms with Gasteiger partial charge < -0.3 is 11.5 Å². The molecule has 4 nitrogen and oxygen atoms in total. The molecule has 4 N–H and O–H groups in total. The number of hydrogen-bond donors (Lipinski definition) is 2. The summed E-state index contributed by atoms with van der Waals surface area (Å²) in [5.41, 5.74) is 10.8. The Labute approximate surface area is 66.5 Å². The molecule has 1 amide bonds. The minimum absolute atomic E-state index is 0.0601. The Hall–Kier alpha value is -0.610. The Morgan fingerprint density at radius 1 is 1.64 bits per heavy atom. The Morgan fingerprint density at radius 3 is 2.55 bits per heavy atom. The highest BCUT2D eigenvalue weighted by Gasteiger charge is 2.37. The van der Waals surface area contributed by atoms with Crippen LogP contribution in [0.1, 0.15) is 13.3 Å². The van der Waals surface area contributed by atoms with Crippen molar-refractivity contribution in [3.63, 3.8) is 0 Å². The molecule has 0 atom stereocenters. The van der Waals surface area contributed by atoms with E-state index in [-0.39, 0.29) is 11.4 Å². The zero-order chi connectivity index (χ0) is 8.48. The van der Waals surface area contributed by atoms with E-state index < -0.39 is 0 Å². The highest BCUT2D eigenvalue weighted by atomic mass is 16.1. The molecule has 0 aromatic carbocycles. The fourth-order valence-corrected chi connectivity index (χ4v) is 1.40. The lowest BCUT2D eigenvalue weighted by Crippen LogP contribution is -2.67. The molecule has 1 aliphatic rings. The lowest BCUT2D eigenvalue weighted by Gasteiger charge is -2.46. The van der Waals surface area contributed by atoms with Gasteiger partial charge in [-0.2, -0.15) is 0 Å². The molecule has 1 heterocycles. The number of nitrogens with zero attached hydrogens (tertiary/aromatic N) is 1. The minimum atomic E-state index is -0.275. The van der Waals surface area contributed by atoms with Gasteiger partial charge in [0.15, 0.2) is 0 Å². The summed E-state index contributed by atoms with van der Waals surface area (Å²) in [6.45, 7) is 4.00. The second-order valence-electron chi connectivity index (χ2n) is 3.33. The average molecular weight is 157 g/mol. The smallest absolute Gasteiger partial charge is 0.231 e. The van der Waals surface area contributed by atoms with Gasteiger partial charge in [-0.1, -0.05) is 6.92 Å². The van der Waals surface area contributed by atoms with Crippen LogP contribution in [0, 0.1) is 0 Å². The summed E-state index contributed by atoms with van der Waals surface area (Å²) in [6.07, 6.45) is 0.961. The summed E-state index contributed by atoms with van der Waals surface area (Å²) < 4.78 is 0. The van der Waals surface area contributed by atoms with Crippen molar-refractivity contribution in [2.45, 2.75) is 18.9 Å². The number of hydrogen-bond acceptors (Lipinski definition) is 3. The number of rotatable bonds is 3. The van der Waals surface area contributed by atoms with Crippen molar-refractivity contribution in [3.05, 3.63) is 0 Å². The normalized spacial score (nSPS) is 22.7. The van der Waals surface area contributed by atoms with Gasteiger partial charge in [0.1, 0.15) is 0 Å². The molecule has 1 saturated heterocycles. The van der Waals surface area contributed by atoms with Crippen LogP contribution in [0.3, 0.4) is 0 Å². The van der Waals surface area contributed by atoms with Gasteiger partial charge in [0, 0.05) is 18.6 Å². The van der Waals surface area contributed by atoms with E-state index in [1.54, 1.807) is 0 Å². The molecule has 0 aliphatic carbocycles. The lowest BCUT2D eigenvalue weighted by molar-refractivity contribution is -0.121.